The summed E-state index contributed by atoms with van der Waals surface area (Å²) < 4.78 is 0. The van der Waals surface area contributed by atoms with Crippen LogP contribution in [0.4, 0.5) is 0 Å². The number of benzene rings is 1. The molecular weight excluding hydrogens is 368 g/mol. The average Bonchev–Trinajstić information content (AvgIpc) is 2.82. The van der Waals surface area contributed by atoms with E-state index in [9.17, 15) is 0 Å². The van der Waals surface area contributed by atoms with Crippen LogP contribution < -0.4 is 0 Å². The highest BCUT2D eigenvalue weighted by molar-refractivity contribution is 6.30. The van der Waals surface area contributed by atoms with Crippen LogP contribution in [0.3, 0.4) is 0 Å². The van der Waals surface area contributed by atoms with Gasteiger partial charge in [0, 0.05) is 24.3 Å². The summed E-state index contributed by atoms with van der Waals surface area (Å²) in [5, 5.41) is 2.88. The summed E-state index contributed by atoms with van der Waals surface area (Å²) >= 11 is 6.27. The monoisotopic (exact) mass is 398 g/mol. The first kappa shape index (κ1) is 21.0. The van der Waals surface area contributed by atoms with E-state index in [-0.39, 0.29) is 0 Å². The molecule has 0 atom stereocenters. The van der Waals surface area contributed by atoms with Gasteiger partial charge in [-0.3, -0.25) is 4.98 Å². The number of nitrogens with zero attached hydrogens (tertiary/aromatic N) is 2. The molecule has 1 aliphatic carbocycles. The van der Waals surface area contributed by atoms with Crippen LogP contribution in [0.25, 0.3) is 5.57 Å². The Hall–Kier alpha value is -1.68. The van der Waals surface area contributed by atoms with E-state index >= 15 is 0 Å². The third kappa shape index (κ3) is 4.83. The van der Waals surface area contributed by atoms with Crippen LogP contribution in [0.5, 0.6) is 0 Å². The van der Waals surface area contributed by atoms with Crippen LogP contribution in [0, 0.1) is 0 Å². The summed E-state index contributed by atoms with van der Waals surface area (Å²) in [6.07, 6.45) is 8.24. The van der Waals surface area contributed by atoms with E-state index in [1.807, 2.05) is 31.2 Å². The zero-order chi connectivity index (χ0) is 19.9. The summed E-state index contributed by atoms with van der Waals surface area (Å²) in [5.41, 5.74) is 8.31. The second-order valence-electron chi connectivity index (χ2n) is 7.15. The van der Waals surface area contributed by atoms with Crippen molar-refractivity contribution in [1.82, 2.24) is 10.0 Å². The molecule has 0 radical (unpaired) electrons. The largest absolute Gasteiger partial charge is 0.302 e. The van der Waals surface area contributed by atoms with Crippen molar-refractivity contribution in [3.8, 4) is 0 Å². The quantitative estimate of drug-likeness (QED) is 0.597. The number of fused-ring (bicyclic) bond motifs is 2. The molecule has 3 nitrogen and oxygen atoms in total. The van der Waals surface area contributed by atoms with Crippen molar-refractivity contribution in [3.05, 3.63) is 69.5 Å². The maximum atomic E-state index is 6.27. The molecule has 1 fully saturated rings. The number of hydrogen-bond acceptors (Lipinski definition) is 3. The van der Waals surface area contributed by atoms with E-state index in [0.29, 0.717) is 0 Å². The number of aryl methyl sites for hydroxylation is 2. The van der Waals surface area contributed by atoms with Crippen LogP contribution in [0.1, 0.15) is 55.5 Å². The highest BCUT2D eigenvalue weighted by atomic mass is 35.5. The topological polar surface area (TPSA) is 25.4 Å². The van der Waals surface area contributed by atoms with Crippen molar-refractivity contribution in [1.29, 1.82) is 0 Å². The molecule has 2 heterocycles. The Morgan fingerprint density at radius 1 is 0.964 bits per heavy atom. The SMILES string of the molecule is CC.CON1CCC(=C2Cc3ccc(Cl)cc3CCCc3cccnc32)CC1. The zero-order valence-electron chi connectivity index (χ0n) is 17.3. The molecule has 150 valence electrons. The van der Waals surface area contributed by atoms with Gasteiger partial charge in [-0.25, -0.2) is 0 Å². The van der Waals surface area contributed by atoms with Crippen molar-refractivity contribution in [2.45, 2.75) is 52.4 Å². The Kier molecular flexibility index (Phi) is 7.66. The number of rotatable bonds is 1. The van der Waals surface area contributed by atoms with Gasteiger partial charge in [-0.1, -0.05) is 43.2 Å². The molecule has 0 bridgehead atoms. The molecule has 1 aromatic carbocycles. The van der Waals surface area contributed by atoms with Gasteiger partial charge >= 0.3 is 0 Å². The Morgan fingerprint density at radius 2 is 1.71 bits per heavy atom. The first-order chi connectivity index (χ1) is 13.7. The fraction of sp³-hybridized carbons (Fsp3) is 0.458. The fourth-order valence-electron chi connectivity index (χ4n) is 4.19. The summed E-state index contributed by atoms with van der Waals surface area (Å²) in [5.74, 6) is 0. The zero-order valence-corrected chi connectivity index (χ0v) is 18.1. The molecular formula is C24H31ClN2O. The normalized spacial score (nSPS) is 17.4. The fourth-order valence-corrected chi connectivity index (χ4v) is 4.38. The van der Waals surface area contributed by atoms with Gasteiger partial charge in [-0.05, 0) is 79.0 Å². The van der Waals surface area contributed by atoms with Crippen LogP contribution >= 0.6 is 11.6 Å². The lowest BCUT2D eigenvalue weighted by Crippen LogP contribution is -2.30. The van der Waals surface area contributed by atoms with Crippen molar-refractivity contribution in [2.75, 3.05) is 20.2 Å². The predicted molar refractivity (Wildman–Crippen MR) is 118 cm³/mol. The van der Waals surface area contributed by atoms with E-state index in [1.54, 1.807) is 7.11 Å². The maximum absolute atomic E-state index is 6.27. The third-order valence-corrected chi connectivity index (χ3v) is 5.85. The number of aromatic nitrogens is 1. The summed E-state index contributed by atoms with van der Waals surface area (Å²) in [4.78, 5) is 10.2. The van der Waals surface area contributed by atoms with Crippen LogP contribution in [-0.4, -0.2) is 30.2 Å². The molecule has 0 spiro atoms. The van der Waals surface area contributed by atoms with Crippen molar-refractivity contribution in [3.63, 3.8) is 0 Å². The number of halogens is 1. The molecule has 4 rings (SSSR count). The molecule has 0 amide bonds. The van der Waals surface area contributed by atoms with Crippen molar-refractivity contribution < 1.29 is 4.84 Å². The summed E-state index contributed by atoms with van der Waals surface area (Å²) in [6.45, 7) is 5.90. The Labute approximate surface area is 174 Å². The molecule has 2 aliphatic rings. The number of piperidine rings is 1. The minimum Gasteiger partial charge on any atom is -0.302 e. The van der Waals surface area contributed by atoms with Gasteiger partial charge in [0.25, 0.3) is 0 Å². The van der Waals surface area contributed by atoms with Crippen LogP contribution in [0.2, 0.25) is 5.02 Å². The van der Waals surface area contributed by atoms with Gasteiger partial charge in [0.05, 0.1) is 12.8 Å². The lowest BCUT2D eigenvalue weighted by atomic mass is 9.89. The molecule has 1 aliphatic heterocycles. The van der Waals surface area contributed by atoms with Gasteiger partial charge in [-0.2, -0.15) is 5.06 Å². The van der Waals surface area contributed by atoms with Gasteiger partial charge in [-0.15, -0.1) is 0 Å². The molecule has 1 aromatic heterocycles. The van der Waals surface area contributed by atoms with E-state index in [4.69, 9.17) is 21.4 Å². The minimum absolute atomic E-state index is 0.834. The second kappa shape index (κ2) is 10.2. The van der Waals surface area contributed by atoms with Crippen LogP contribution in [-0.2, 0) is 24.1 Å². The van der Waals surface area contributed by atoms with E-state index in [1.165, 1.54) is 33.5 Å². The first-order valence-corrected chi connectivity index (χ1v) is 10.8. The summed E-state index contributed by atoms with van der Waals surface area (Å²) in [7, 11) is 1.76. The summed E-state index contributed by atoms with van der Waals surface area (Å²) in [6, 6.07) is 10.7. The van der Waals surface area contributed by atoms with Crippen molar-refractivity contribution in [2.24, 2.45) is 0 Å². The predicted octanol–water partition coefficient (Wildman–Crippen LogP) is 5.90. The highest BCUT2D eigenvalue weighted by Crippen LogP contribution is 2.34. The number of allylic oxidation sites excluding steroid dienone is 1. The van der Waals surface area contributed by atoms with E-state index in [2.05, 4.69) is 24.3 Å². The number of hydrogen-bond donors (Lipinski definition) is 0. The minimum atomic E-state index is 0.834. The van der Waals surface area contributed by atoms with Gasteiger partial charge in [0.15, 0.2) is 0 Å². The smallest absolute Gasteiger partial charge is 0.0696 e. The molecule has 0 saturated carbocycles. The molecule has 4 heteroatoms. The average molecular weight is 399 g/mol. The first-order valence-electron chi connectivity index (χ1n) is 10.5. The Morgan fingerprint density at radius 3 is 2.46 bits per heavy atom. The van der Waals surface area contributed by atoms with Crippen LogP contribution in [0.15, 0.2) is 42.1 Å². The standard InChI is InChI=1S/C22H25ClN2O.C2H6/c1-26-25-12-9-16(10-13-25)21-15-19-7-8-20(23)14-18(19)5-2-4-17-6-3-11-24-22(17)21;1-2/h3,6-8,11,14H,2,4-5,9-10,12-13,15H2,1H3;1-2H3. The molecule has 1 saturated heterocycles. The molecule has 28 heavy (non-hydrogen) atoms. The highest BCUT2D eigenvalue weighted by Gasteiger charge is 2.22. The van der Waals surface area contributed by atoms with Gasteiger partial charge < -0.3 is 4.84 Å². The Balaban J connectivity index is 0.00000109. The van der Waals surface area contributed by atoms with Gasteiger partial charge in [0.2, 0.25) is 0 Å². The molecule has 0 N–H and O–H groups in total. The number of pyridine rings is 1. The second-order valence-corrected chi connectivity index (χ2v) is 7.58. The Bertz CT molecular complexity index is 821. The maximum Gasteiger partial charge on any atom is 0.0696 e. The van der Waals surface area contributed by atoms with E-state index < -0.39 is 0 Å². The third-order valence-electron chi connectivity index (χ3n) is 5.62. The van der Waals surface area contributed by atoms with Gasteiger partial charge in [0.1, 0.15) is 0 Å². The molecule has 0 unspecified atom stereocenters. The number of hydroxylamine groups is 2. The lowest BCUT2D eigenvalue weighted by Gasteiger charge is -2.28. The lowest BCUT2D eigenvalue weighted by molar-refractivity contribution is -0.135. The van der Waals surface area contributed by atoms with E-state index in [0.717, 1.165) is 56.6 Å². The van der Waals surface area contributed by atoms with Crippen molar-refractivity contribution >= 4 is 17.2 Å². The molecule has 2 aromatic rings.